The second-order valence-corrected chi connectivity index (χ2v) is 8.24. The van der Waals surface area contributed by atoms with E-state index in [4.69, 9.17) is 0 Å². The molecule has 2 aromatic carbocycles. The monoisotopic (exact) mass is 448 g/mol. The number of amides is 1. The Labute approximate surface area is 191 Å². The first kappa shape index (κ1) is 22.4. The average molecular weight is 448 g/mol. The van der Waals surface area contributed by atoms with E-state index < -0.39 is 23.5 Å². The van der Waals surface area contributed by atoms with Gasteiger partial charge in [-0.15, -0.1) is 0 Å². The molecular formula is C25H25FN4O3. The number of para-hydroxylation sites is 1. The van der Waals surface area contributed by atoms with Crippen LogP contribution in [0.2, 0.25) is 0 Å². The Morgan fingerprint density at radius 3 is 2.39 bits per heavy atom. The van der Waals surface area contributed by atoms with E-state index in [9.17, 15) is 19.1 Å². The number of aliphatic hydroxyl groups is 1. The number of carbonyl (C=O) groups excluding carboxylic acids is 2. The summed E-state index contributed by atoms with van der Waals surface area (Å²) in [7, 11) is 3.73. The smallest absolute Gasteiger partial charge is 0.295 e. The third-order valence-corrected chi connectivity index (χ3v) is 5.78. The lowest BCUT2D eigenvalue weighted by Gasteiger charge is -2.26. The van der Waals surface area contributed by atoms with Gasteiger partial charge in [0.05, 0.1) is 34.8 Å². The van der Waals surface area contributed by atoms with Gasteiger partial charge in [-0.25, -0.2) is 9.07 Å². The highest BCUT2D eigenvalue weighted by atomic mass is 19.1. The Balaban J connectivity index is 1.84. The molecule has 0 radical (unpaired) electrons. The van der Waals surface area contributed by atoms with E-state index in [1.807, 2.05) is 49.3 Å². The first-order chi connectivity index (χ1) is 15.8. The topological polar surface area (TPSA) is 78.7 Å². The molecule has 8 heteroatoms. The number of benzene rings is 2. The van der Waals surface area contributed by atoms with E-state index >= 15 is 0 Å². The van der Waals surface area contributed by atoms with E-state index in [0.29, 0.717) is 23.4 Å². The number of hydrogen-bond donors (Lipinski definition) is 1. The third kappa shape index (κ3) is 4.17. The molecule has 1 saturated heterocycles. The van der Waals surface area contributed by atoms with Gasteiger partial charge in [-0.1, -0.05) is 30.3 Å². The van der Waals surface area contributed by atoms with Crippen LogP contribution >= 0.6 is 0 Å². The first-order valence-corrected chi connectivity index (χ1v) is 10.6. The quantitative estimate of drug-likeness (QED) is 0.356. The SMILES string of the molecule is Cc1c(/C(O)=C2\C(=O)C(=O)N(CCN(C)C)[C@@H]2c2ccc(F)cc2)cnn1-c1ccccc1. The molecule has 1 N–H and O–H groups in total. The van der Waals surface area contributed by atoms with Crippen molar-refractivity contribution in [2.24, 2.45) is 0 Å². The lowest BCUT2D eigenvalue weighted by atomic mass is 9.95. The molecule has 7 nitrogen and oxygen atoms in total. The molecule has 1 aliphatic heterocycles. The molecule has 1 aliphatic rings. The number of Topliss-reactive ketones (excluding diaryl/α,β-unsaturated/α-hetero) is 1. The molecule has 1 atom stereocenters. The number of aromatic nitrogens is 2. The zero-order chi connectivity index (χ0) is 23.7. The van der Waals surface area contributed by atoms with Gasteiger partial charge in [0.25, 0.3) is 11.7 Å². The van der Waals surface area contributed by atoms with Gasteiger partial charge in [0.15, 0.2) is 0 Å². The van der Waals surface area contributed by atoms with E-state index in [1.54, 1.807) is 11.6 Å². The number of carbonyl (C=O) groups is 2. The fourth-order valence-electron chi connectivity index (χ4n) is 4.03. The van der Waals surface area contributed by atoms with Crippen molar-refractivity contribution in [1.29, 1.82) is 0 Å². The van der Waals surface area contributed by atoms with Crippen LogP contribution < -0.4 is 0 Å². The second kappa shape index (κ2) is 8.99. The summed E-state index contributed by atoms with van der Waals surface area (Å²) in [6, 6.07) is 14.2. The van der Waals surface area contributed by atoms with Crippen LogP contribution in [0.5, 0.6) is 0 Å². The summed E-state index contributed by atoms with van der Waals surface area (Å²) in [5.74, 6) is -2.19. The standard InChI is InChI=1S/C25H25FN4O3/c1-16-20(15-27-30(16)19-7-5-4-6-8-19)23(31)21-22(17-9-11-18(26)12-10-17)29(14-13-28(2)3)25(33)24(21)32/h4-12,15,22,31H,13-14H2,1-3H3/b23-21+/t22-/m1/s1. The molecule has 170 valence electrons. The van der Waals surface area contributed by atoms with Crippen LogP contribution in [0.4, 0.5) is 4.39 Å². The zero-order valence-corrected chi connectivity index (χ0v) is 18.7. The molecule has 1 aromatic heterocycles. The molecule has 33 heavy (non-hydrogen) atoms. The maximum absolute atomic E-state index is 13.6. The average Bonchev–Trinajstić information content (AvgIpc) is 3.30. The van der Waals surface area contributed by atoms with Gasteiger partial charge < -0.3 is 14.9 Å². The summed E-state index contributed by atoms with van der Waals surface area (Å²) in [4.78, 5) is 29.4. The Morgan fingerprint density at radius 1 is 1.09 bits per heavy atom. The van der Waals surface area contributed by atoms with Crippen molar-refractivity contribution in [3.8, 4) is 5.69 Å². The first-order valence-electron chi connectivity index (χ1n) is 10.6. The number of nitrogens with zero attached hydrogens (tertiary/aromatic N) is 4. The number of aliphatic hydroxyl groups excluding tert-OH is 1. The van der Waals surface area contributed by atoms with Crippen LogP contribution in [0, 0.1) is 12.7 Å². The van der Waals surface area contributed by atoms with Crippen molar-refractivity contribution in [2.75, 3.05) is 27.2 Å². The maximum Gasteiger partial charge on any atom is 0.295 e. The molecule has 1 fully saturated rings. The number of halogens is 1. The van der Waals surface area contributed by atoms with Gasteiger partial charge >= 0.3 is 0 Å². The third-order valence-electron chi connectivity index (χ3n) is 5.78. The maximum atomic E-state index is 13.6. The molecule has 3 aromatic rings. The lowest BCUT2D eigenvalue weighted by Crippen LogP contribution is -2.35. The Morgan fingerprint density at radius 2 is 1.76 bits per heavy atom. The number of rotatable bonds is 6. The minimum absolute atomic E-state index is 0.0268. The van der Waals surface area contributed by atoms with Gasteiger partial charge in [0.2, 0.25) is 0 Å². The molecule has 0 bridgehead atoms. The summed E-state index contributed by atoms with van der Waals surface area (Å²) in [6.45, 7) is 2.58. The van der Waals surface area contributed by atoms with E-state index in [2.05, 4.69) is 5.10 Å². The Hall–Kier alpha value is -3.78. The molecule has 4 rings (SSSR count). The van der Waals surface area contributed by atoms with Crippen LogP contribution in [0.15, 0.2) is 66.4 Å². The van der Waals surface area contributed by atoms with E-state index in [-0.39, 0.29) is 17.9 Å². The van der Waals surface area contributed by atoms with Gasteiger partial charge in [-0.2, -0.15) is 5.10 Å². The Kier molecular flexibility index (Phi) is 6.11. The van der Waals surface area contributed by atoms with Crippen molar-refractivity contribution in [1.82, 2.24) is 19.6 Å². The Bertz CT molecular complexity index is 1220. The van der Waals surface area contributed by atoms with Crippen LogP contribution in [0.25, 0.3) is 11.4 Å². The highest BCUT2D eigenvalue weighted by Gasteiger charge is 2.46. The minimum Gasteiger partial charge on any atom is -0.507 e. The minimum atomic E-state index is -0.829. The molecular weight excluding hydrogens is 423 g/mol. The van der Waals surface area contributed by atoms with E-state index in [1.165, 1.54) is 35.4 Å². The summed E-state index contributed by atoms with van der Waals surface area (Å²) in [5.41, 5.74) is 2.30. The summed E-state index contributed by atoms with van der Waals surface area (Å²) in [6.07, 6.45) is 1.48. The fraction of sp³-hybridized carbons (Fsp3) is 0.240. The molecule has 0 saturated carbocycles. The predicted molar refractivity (Wildman–Crippen MR) is 122 cm³/mol. The fourth-order valence-corrected chi connectivity index (χ4v) is 4.03. The number of likely N-dealkylation sites (N-methyl/N-ethyl adjacent to an activating group) is 1. The largest absolute Gasteiger partial charge is 0.507 e. The van der Waals surface area contributed by atoms with Gasteiger partial charge in [-0.3, -0.25) is 9.59 Å². The van der Waals surface area contributed by atoms with Crippen LogP contribution in [-0.4, -0.2) is 63.6 Å². The highest BCUT2D eigenvalue weighted by Crippen LogP contribution is 2.39. The van der Waals surface area contributed by atoms with Gasteiger partial charge in [-0.05, 0) is 50.8 Å². The van der Waals surface area contributed by atoms with Crippen LogP contribution in [-0.2, 0) is 9.59 Å². The van der Waals surface area contributed by atoms with Crippen LogP contribution in [0.1, 0.15) is 22.9 Å². The number of likely N-dealkylation sites (tertiary alicyclic amines) is 1. The molecule has 0 unspecified atom stereocenters. The van der Waals surface area contributed by atoms with Crippen molar-refractivity contribution < 1.29 is 19.1 Å². The second-order valence-electron chi connectivity index (χ2n) is 8.24. The number of hydrogen-bond acceptors (Lipinski definition) is 5. The summed E-state index contributed by atoms with van der Waals surface area (Å²) >= 11 is 0. The number of ketones is 1. The summed E-state index contributed by atoms with van der Waals surface area (Å²) in [5, 5.41) is 15.6. The molecule has 0 spiro atoms. The van der Waals surface area contributed by atoms with Crippen molar-refractivity contribution in [3.63, 3.8) is 0 Å². The van der Waals surface area contributed by atoms with Crippen molar-refractivity contribution in [3.05, 3.63) is 89.0 Å². The molecule has 0 aliphatic carbocycles. The van der Waals surface area contributed by atoms with Crippen molar-refractivity contribution >= 4 is 17.4 Å². The summed E-state index contributed by atoms with van der Waals surface area (Å²) < 4.78 is 15.2. The molecule has 1 amide bonds. The van der Waals surface area contributed by atoms with Gasteiger partial charge in [0.1, 0.15) is 11.6 Å². The predicted octanol–water partition coefficient (Wildman–Crippen LogP) is 3.30. The highest BCUT2D eigenvalue weighted by molar-refractivity contribution is 6.46. The normalized spacial score (nSPS) is 17.8. The lowest BCUT2D eigenvalue weighted by molar-refractivity contribution is -0.140. The van der Waals surface area contributed by atoms with E-state index in [0.717, 1.165) is 5.69 Å². The molecule has 2 heterocycles. The zero-order valence-electron chi connectivity index (χ0n) is 18.7. The van der Waals surface area contributed by atoms with Gasteiger partial charge in [0, 0.05) is 13.1 Å². The van der Waals surface area contributed by atoms with Crippen molar-refractivity contribution in [2.45, 2.75) is 13.0 Å². The van der Waals surface area contributed by atoms with Crippen LogP contribution in [0.3, 0.4) is 0 Å².